The summed E-state index contributed by atoms with van der Waals surface area (Å²) < 4.78 is 1.57. The third kappa shape index (κ3) is 3.60. The highest BCUT2D eigenvalue weighted by atomic mass is 16.2. The Morgan fingerprint density at radius 1 is 1.38 bits per heavy atom. The molecule has 0 aliphatic heterocycles. The molecule has 0 bridgehead atoms. The fourth-order valence-corrected chi connectivity index (χ4v) is 2.19. The van der Waals surface area contributed by atoms with Crippen LogP contribution in [0.4, 0.5) is 5.82 Å². The molecule has 0 radical (unpaired) electrons. The highest BCUT2D eigenvalue weighted by molar-refractivity contribution is 6.39. The lowest BCUT2D eigenvalue weighted by atomic mass is 10.2. The number of hydrogen-bond donors (Lipinski definition) is 1. The highest BCUT2D eigenvalue weighted by Crippen LogP contribution is 2.18. The van der Waals surface area contributed by atoms with E-state index in [0.717, 1.165) is 11.3 Å². The van der Waals surface area contributed by atoms with E-state index in [4.69, 9.17) is 5.26 Å². The zero-order chi connectivity index (χ0) is 17.7. The summed E-state index contributed by atoms with van der Waals surface area (Å²) in [5.41, 5.74) is 1.80. The van der Waals surface area contributed by atoms with Gasteiger partial charge in [0.2, 0.25) is 0 Å². The van der Waals surface area contributed by atoms with Crippen LogP contribution in [0.25, 0.3) is 5.69 Å². The van der Waals surface area contributed by atoms with E-state index in [1.165, 1.54) is 11.9 Å². The Labute approximate surface area is 140 Å². The minimum absolute atomic E-state index is 0.163. The number of benzene rings is 1. The third-order valence-corrected chi connectivity index (χ3v) is 3.79. The van der Waals surface area contributed by atoms with Gasteiger partial charge in [-0.15, -0.1) is 0 Å². The van der Waals surface area contributed by atoms with Crippen molar-refractivity contribution >= 4 is 17.6 Å². The number of aromatic nitrogens is 2. The van der Waals surface area contributed by atoms with Crippen molar-refractivity contribution < 1.29 is 9.59 Å². The number of anilines is 1. The van der Waals surface area contributed by atoms with Gasteiger partial charge in [-0.3, -0.25) is 9.59 Å². The minimum atomic E-state index is -0.766. The maximum absolute atomic E-state index is 12.2. The predicted molar refractivity (Wildman–Crippen MR) is 89.4 cm³/mol. The Hall–Kier alpha value is -3.14. The Balaban J connectivity index is 2.17. The van der Waals surface area contributed by atoms with E-state index in [0.29, 0.717) is 5.82 Å². The first-order valence-corrected chi connectivity index (χ1v) is 7.50. The summed E-state index contributed by atoms with van der Waals surface area (Å²) in [5.74, 6) is -1.06. The molecule has 0 aliphatic carbocycles. The molecule has 1 aromatic heterocycles. The number of nitrogens with zero attached hydrogens (tertiary/aromatic N) is 4. The average molecular weight is 325 g/mol. The Kier molecular flexibility index (Phi) is 5.32. The maximum Gasteiger partial charge on any atom is 0.315 e. The first-order chi connectivity index (χ1) is 11.5. The number of likely N-dealkylation sites (N-methyl/N-ethyl adjacent to an activating group) is 1. The number of hydrogen-bond acceptors (Lipinski definition) is 4. The van der Waals surface area contributed by atoms with Crippen LogP contribution in [0.2, 0.25) is 0 Å². The van der Waals surface area contributed by atoms with Crippen molar-refractivity contribution in [3.8, 4) is 11.8 Å². The fraction of sp³-hybridized carbons (Fsp3) is 0.294. The number of carbonyl (C=O) groups is 2. The maximum atomic E-state index is 12.2. The van der Waals surface area contributed by atoms with Gasteiger partial charge in [-0.1, -0.05) is 18.2 Å². The Bertz CT molecular complexity index is 790. The summed E-state index contributed by atoms with van der Waals surface area (Å²) in [4.78, 5) is 25.6. The molecule has 0 fully saturated rings. The van der Waals surface area contributed by atoms with Crippen molar-refractivity contribution in [2.24, 2.45) is 0 Å². The van der Waals surface area contributed by atoms with Gasteiger partial charge in [0, 0.05) is 19.2 Å². The standard InChI is InChI=1S/C17H19N5O2/c1-12-6-4-5-7-14(12)22-15(9-11-19-22)20-16(23)17(24)21(3)13(2)8-10-18/h4-7,9,11,13H,8H2,1-3H3,(H,20,23). The number of nitrogens with one attached hydrogen (secondary N) is 1. The second-order valence-corrected chi connectivity index (χ2v) is 5.50. The SMILES string of the molecule is Cc1ccccc1-n1nccc1NC(=O)C(=O)N(C)C(C)CC#N. The van der Waals surface area contributed by atoms with Crippen LogP contribution in [0.3, 0.4) is 0 Å². The Morgan fingerprint density at radius 3 is 2.75 bits per heavy atom. The molecule has 2 aromatic rings. The zero-order valence-electron chi connectivity index (χ0n) is 13.9. The summed E-state index contributed by atoms with van der Waals surface area (Å²) in [6.07, 6.45) is 1.71. The van der Waals surface area contributed by atoms with Gasteiger partial charge < -0.3 is 10.2 Å². The summed E-state index contributed by atoms with van der Waals surface area (Å²) in [6.45, 7) is 3.65. The van der Waals surface area contributed by atoms with Crippen LogP contribution in [0.15, 0.2) is 36.5 Å². The second kappa shape index (κ2) is 7.42. The third-order valence-electron chi connectivity index (χ3n) is 3.79. The summed E-state index contributed by atoms with van der Waals surface area (Å²) >= 11 is 0. The van der Waals surface area contributed by atoms with Gasteiger partial charge >= 0.3 is 11.8 Å². The van der Waals surface area contributed by atoms with E-state index in [1.807, 2.05) is 37.3 Å². The fourth-order valence-electron chi connectivity index (χ4n) is 2.19. The van der Waals surface area contributed by atoms with E-state index >= 15 is 0 Å². The van der Waals surface area contributed by atoms with Crippen molar-refractivity contribution in [2.75, 3.05) is 12.4 Å². The van der Waals surface area contributed by atoms with Crippen LogP contribution in [0, 0.1) is 18.3 Å². The molecule has 1 atom stereocenters. The van der Waals surface area contributed by atoms with Gasteiger partial charge in [-0.05, 0) is 25.5 Å². The first-order valence-electron chi connectivity index (χ1n) is 7.50. The minimum Gasteiger partial charge on any atom is -0.334 e. The average Bonchev–Trinajstić information content (AvgIpc) is 3.02. The zero-order valence-corrected chi connectivity index (χ0v) is 13.9. The van der Waals surface area contributed by atoms with Crippen LogP contribution in [0.5, 0.6) is 0 Å². The van der Waals surface area contributed by atoms with Crippen LogP contribution in [-0.4, -0.2) is 39.6 Å². The monoisotopic (exact) mass is 325 g/mol. The van der Waals surface area contributed by atoms with Crippen LogP contribution < -0.4 is 5.32 Å². The topological polar surface area (TPSA) is 91.0 Å². The number of carbonyl (C=O) groups excluding carboxylic acids is 2. The summed E-state index contributed by atoms with van der Waals surface area (Å²) in [5, 5.41) is 15.5. The molecule has 1 aromatic carbocycles. The van der Waals surface area contributed by atoms with E-state index < -0.39 is 11.8 Å². The molecule has 1 unspecified atom stereocenters. The second-order valence-electron chi connectivity index (χ2n) is 5.50. The number of amides is 2. The molecule has 0 saturated carbocycles. The molecular weight excluding hydrogens is 306 g/mol. The van der Waals surface area contributed by atoms with E-state index in [2.05, 4.69) is 10.4 Å². The largest absolute Gasteiger partial charge is 0.334 e. The number of rotatable bonds is 4. The molecule has 7 nitrogen and oxygen atoms in total. The van der Waals surface area contributed by atoms with Gasteiger partial charge in [0.25, 0.3) is 0 Å². The lowest BCUT2D eigenvalue weighted by Gasteiger charge is -2.22. The van der Waals surface area contributed by atoms with Gasteiger partial charge in [0.05, 0.1) is 24.4 Å². The van der Waals surface area contributed by atoms with Gasteiger partial charge in [-0.2, -0.15) is 10.4 Å². The molecule has 0 spiro atoms. The van der Waals surface area contributed by atoms with Crippen molar-refractivity contribution in [1.29, 1.82) is 5.26 Å². The molecule has 0 saturated heterocycles. The van der Waals surface area contributed by atoms with E-state index in [1.54, 1.807) is 23.9 Å². The van der Waals surface area contributed by atoms with Gasteiger partial charge in [0.1, 0.15) is 5.82 Å². The molecule has 1 heterocycles. The lowest BCUT2D eigenvalue weighted by Crippen LogP contribution is -2.42. The molecule has 7 heteroatoms. The van der Waals surface area contributed by atoms with Crippen molar-refractivity contribution in [2.45, 2.75) is 26.3 Å². The molecule has 24 heavy (non-hydrogen) atoms. The molecule has 2 amide bonds. The molecular formula is C17H19N5O2. The van der Waals surface area contributed by atoms with Crippen LogP contribution in [0.1, 0.15) is 18.9 Å². The predicted octanol–water partition coefficient (Wildman–Crippen LogP) is 1.88. The number of nitriles is 1. The van der Waals surface area contributed by atoms with Crippen LogP contribution >= 0.6 is 0 Å². The van der Waals surface area contributed by atoms with Crippen LogP contribution in [-0.2, 0) is 9.59 Å². The number of aryl methyl sites for hydroxylation is 1. The number of para-hydroxylation sites is 1. The van der Waals surface area contributed by atoms with E-state index in [-0.39, 0.29) is 12.5 Å². The Morgan fingerprint density at radius 2 is 2.08 bits per heavy atom. The molecule has 0 aliphatic rings. The normalized spacial score (nSPS) is 11.4. The van der Waals surface area contributed by atoms with Crippen molar-refractivity contribution in [3.05, 3.63) is 42.1 Å². The quantitative estimate of drug-likeness (QED) is 0.869. The van der Waals surface area contributed by atoms with Gasteiger partial charge in [-0.25, -0.2) is 4.68 Å². The molecule has 124 valence electrons. The molecule has 1 N–H and O–H groups in total. The lowest BCUT2D eigenvalue weighted by molar-refractivity contribution is -0.143. The van der Waals surface area contributed by atoms with Gasteiger partial charge in [0.15, 0.2) is 0 Å². The summed E-state index contributed by atoms with van der Waals surface area (Å²) in [6, 6.07) is 10.9. The smallest absolute Gasteiger partial charge is 0.315 e. The molecule has 2 rings (SSSR count). The van der Waals surface area contributed by atoms with Crippen molar-refractivity contribution in [1.82, 2.24) is 14.7 Å². The van der Waals surface area contributed by atoms with Crippen molar-refractivity contribution in [3.63, 3.8) is 0 Å². The first kappa shape index (κ1) is 17.2. The van der Waals surface area contributed by atoms with E-state index in [9.17, 15) is 9.59 Å². The summed E-state index contributed by atoms with van der Waals surface area (Å²) in [7, 11) is 1.50. The highest BCUT2D eigenvalue weighted by Gasteiger charge is 2.23.